The summed E-state index contributed by atoms with van der Waals surface area (Å²) in [6, 6.07) is 10.2. The molecule has 0 unspecified atom stereocenters. The summed E-state index contributed by atoms with van der Waals surface area (Å²) in [6.45, 7) is 3.53. The topological polar surface area (TPSA) is 42.1 Å². The van der Waals surface area contributed by atoms with Crippen molar-refractivity contribution in [3.63, 3.8) is 0 Å². The van der Waals surface area contributed by atoms with Crippen molar-refractivity contribution in [1.82, 2.24) is 4.98 Å². The molecule has 1 aromatic carbocycles. The van der Waals surface area contributed by atoms with Gasteiger partial charge < -0.3 is 10.6 Å². The van der Waals surface area contributed by atoms with Gasteiger partial charge in [0.2, 0.25) is 0 Å². The van der Waals surface area contributed by atoms with Crippen LogP contribution in [0.2, 0.25) is 5.02 Å². The van der Waals surface area contributed by atoms with Gasteiger partial charge in [-0.2, -0.15) is 0 Å². The van der Waals surface area contributed by atoms with E-state index in [1.54, 1.807) is 6.20 Å². The van der Waals surface area contributed by atoms with Crippen LogP contribution >= 0.6 is 27.5 Å². The summed E-state index contributed by atoms with van der Waals surface area (Å²) in [6.07, 6.45) is 2.55. The van der Waals surface area contributed by atoms with Crippen LogP contribution in [0.3, 0.4) is 0 Å². The number of rotatable bonds is 5. The van der Waals surface area contributed by atoms with Crippen LogP contribution < -0.4 is 10.6 Å². The van der Waals surface area contributed by atoms with Crippen molar-refractivity contribution in [3.8, 4) is 0 Å². The van der Waals surface area contributed by atoms with Crippen molar-refractivity contribution in [2.75, 3.05) is 18.0 Å². The van der Waals surface area contributed by atoms with Gasteiger partial charge in [-0.15, -0.1) is 0 Å². The zero-order chi connectivity index (χ0) is 14.5. The standard InChI is InChI=1S/C15H17BrClN3/c1-11-3-5-13(6-4-11)20(8-2-7-18)15-14(16)9-12(17)10-19-15/h3-6,9-10H,2,7-8,18H2,1H3. The highest BCUT2D eigenvalue weighted by Crippen LogP contribution is 2.32. The van der Waals surface area contributed by atoms with Gasteiger partial charge >= 0.3 is 0 Å². The van der Waals surface area contributed by atoms with E-state index in [-0.39, 0.29) is 0 Å². The van der Waals surface area contributed by atoms with Crippen LogP contribution in [0.4, 0.5) is 11.5 Å². The minimum absolute atomic E-state index is 0.614. The Morgan fingerprint density at radius 3 is 2.60 bits per heavy atom. The molecule has 0 amide bonds. The smallest absolute Gasteiger partial charge is 0.147 e. The lowest BCUT2D eigenvalue weighted by Crippen LogP contribution is -2.22. The fraction of sp³-hybridized carbons (Fsp3) is 0.267. The third-order valence-electron chi connectivity index (χ3n) is 2.98. The number of nitrogens with zero attached hydrogens (tertiary/aromatic N) is 2. The number of halogens is 2. The van der Waals surface area contributed by atoms with Crippen molar-refractivity contribution in [2.45, 2.75) is 13.3 Å². The lowest BCUT2D eigenvalue weighted by Gasteiger charge is -2.25. The average molecular weight is 355 g/mol. The second kappa shape index (κ2) is 7.07. The number of benzene rings is 1. The SMILES string of the molecule is Cc1ccc(N(CCCN)c2ncc(Cl)cc2Br)cc1. The highest BCUT2D eigenvalue weighted by atomic mass is 79.9. The first-order valence-electron chi connectivity index (χ1n) is 6.47. The van der Waals surface area contributed by atoms with Crippen molar-refractivity contribution >= 4 is 39.0 Å². The van der Waals surface area contributed by atoms with E-state index in [1.165, 1.54) is 5.56 Å². The highest BCUT2D eigenvalue weighted by Gasteiger charge is 2.14. The molecule has 0 aliphatic rings. The first-order chi connectivity index (χ1) is 9.61. The molecule has 1 aromatic heterocycles. The first kappa shape index (κ1) is 15.3. The number of anilines is 2. The quantitative estimate of drug-likeness (QED) is 0.871. The van der Waals surface area contributed by atoms with Gasteiger partial charge in [-0.05, 0) is 54.0 Å². The zero-order valence-electron chi connectivity index (χ0n) is 11.3. The van der Waals surface area contributed by atoms with Crippen LogP contribution in [0.5, 0.6) is 0 Å². The number of aryl methyl sites for hydroxylation is 1. The van der Waals surface area contributed by atoms with Crippen LogP contribution in [0.1, 0.15) is 12.0 Å². The van der Waals surface area contributed by atoms with Crippen molar-refractivity contribution in [2.24, 2.45) is 5.73 Å². The van der Waals surface area contributed by atoms with Crippen LogP contribution in [0, 0.1) is 6.92 Å². The molecule has 0 aliphatic heterocycles. The Kier molecular flexibility index (Phi) is 5.40. The van der Waals surface area contributed by atoms with Gasteiger partial charge in [-0.3, -0.25) is 0 Å². The first-order valence-corrected chi connectivity index (χ1v) is 7.64. The lowest BCUT2D eigenvalue weighted by molar-refractivity contribution is 0.809. The molecule has 0 fully saturated rings. The predicted octanol–water partition coefficient (Wildman–Crippen LogP) is 4.29. The highest BCUT2D eigenvalue weighted by molar-refractivity contribution is 9.10. The molecule has 2 rings (SSSR count). The van der Waals surface area contributed by atoms with E-state index in [2.05, 4.69) is 57.0 Å². The van der Waals surface area contributed by atoms with Gasteiger partial charge in [0, 0.05) is 18.4 Å². The molecule has 0 saturated heterocycles. The maximum Gasteiger partial charge on any atom is 0.147 e. The maximum atomic E-state index is 5.96. The summed E-state index contributed by atoms with van der Waals surface area (Å²) in [5.41, 5.74) is 7.97. The zero-order valence-corrected chi connectivity index (χ0v) is 13.7. The Labute approximate surface area is 132 Å². The summed E-state index contributed by atoms with van der Waals surface area (Å²) in [4.78, 5) is 6.58. The normalized spacial score (nSPS) is 10.6. The third kappa shape index (κ3) is 3.72. The molecule has 0 atom stereocenters. The van der Waals surface area contributed by atoms with Crippen LogP contribution in [-0.4, -0.2) is 18.1 Å². The Bertz CT molecular complexity index is 572. The molecule has 0 spiro atoms. The molecule has 2 N–H and O–H groups in total. The van der Waals surface area contributed by atoms with Gasteiger partial charge in [0.15, 0.2) is 0 Å². The molecule has 5 heteroatoms. The Morgan fingerprint density at radius 1 is 1.30 bits per heavy atom. The summed E-state index contributed by atoms with van der Waals surface area (Å²) in [5.74, 6) is 0.853. The Hall–Kier alpha value is -1.10. The van der Waals surface area contributed by atoms with E-state index in [0.717, 1.165) is 28.9 Å². The Morgan fingerprint density at radius 2 is 2.00 bits per heavy atom. The fourth-order valence-corrected chi connectivity index (χ4v) is 2.79. The van der Waals surface area contributed by atoms with Crippen LogP contribution in [0.15, 0.2) is 41.0 Å². The van der Waals surface area contributed by atoms with E-state index in [9.17, 15) is 0 Å². The number of hydrogen-bond acceptors (Lipinski definition) is 3. The van der Waals surface area contributed by atoms with E-state index in [0.29, 0.717) is 11.6 Å². The molecule has 3 nitrogen and oxygen atoms in total. The molecule has 2 aromatic rings. The number of nitrogens with two attached hydrogens (primary N) is 1. The van der Waals surface area contributed by atoms with Crippen molar-refractivity contribution < 1.29 is 0 Å². The summed E-state index contributed by atoms with van der Waals surface area (Å²) >= 11 is 9.49. The number of hydrogen-bond donors (Lipinski definition) is 1. The molecule has 0 saturated carbocycles. The summed E-state index contributed by atoms with van der Waals surface area (Å²) in [5, 5.41) is 0.614. The monoisotopic (exact) mass is 353 g/mol. The summed E-state index contributed by atoms with van der Waals surface area (Å²) < 4.78 is 0.877. The van der Waals surface area contributed by atoms with Gasteiger partial charge in [0.1, 0.15) is 5.82 Å². The largest absolute Gasteiger partial charge is 0.330 e. The number of aromatic nitrogens is 1. The molecule has 1 heterocycles. The molecular weight excluding hydrogens is 338 g/mol. The second-order valence-corrected chi connectivity index (χ2v) is 5.88. The third-order valence-corrected chi connectivity index (χ3v) is 3.77. The van der Waals surface area contributed by atoms with E-state index in [4.69, 9.17) is 17.3 Å². The van der Waals surface area contributed by atoms with Crippen LogP contribution in [-0.2, 0) is 0 Å². The van der Waals surface area contributed by atoms with Gasteiger partial charge in [0.25, 0.3) is 0 Å². The van der Waals surface area contributed by atoms with Gasteiger partial charge in [0.05, 0.1) is 9.50 Å². The summed E-state index contributed by atoms with van der Waals surface area (Å²) in [7, 11) is 0. The minimum atomic E-state index is 0.614. The maximum absolute atomic E-state index is 5.96. The van der Waals surface area contributed by atoms with E-state index >= 15 is 0 Å². The second-order valence-electron chi connectivity index (χ2n) is 4.59. The van der Waals surface area contributed by atoms with Crippen molar-refractivity contribution in [1.29, 1.82) is 0 Å². The molecule has 0 radical (unpaired) electrons. The predicted molar refractivity (Wildman–Crippen MR) is 88.8 cm³/mol. The molecule has 0 bridgehead atoms. The number of pyridine rings is 1. The van der Waals surface area contributed by atoms with Gasteiger partial charge in [-0.25, -0.2) is 4.98 Å². The van der Waals surface area contributed by atoms with Gasteiger partial charge in [-0.1, -0.05) is 29.3 Å². The average Bonchev–Trinajstić information content (AvgIpc) is 2.42. The fourth-order valence-electron chi connectivity index (χ4n) is 1.94. The van der Waals surface area contributed by atoms with E-state index in [1.807, 2.05) is 6.07 Å². The molecular formula is C15H17BrClN3. The molecule has 20 heavy (non-hydrogen) atoms. The van der Waals surface area contributed by atoms with Crippen molar-refractivity contribution in [3.05, 3.63) is 51.6 Å². The molecule has 0 aliphatic carbocycles. The minimum Gasteiger partial charge on any atom is -0.330 e. The van der Waals surface area contributed by atoms with Crippen LogP contribution in [0.25, 0.3) is 0 Å². The lowest BCUT2D eigenvalue weighted by atomic mass is 10.2. The van der Waals surface area contributed by atoms with E-state index < -0.39 is 0 Å². The molecule has 106 valence electrons. The Balaban J connectivity index is 2.38.